The summed E-state index contributed by atoms with van der Waals surface area (Å²) < 4.78 is 25.9. The molecule has 1 aliphatic carbocycles. The van der Waals surface area contributed by atoms with Crippen molar-refractivity contribution in [2.45, 2.75) is 23.0 Å². The average Bonchev–Trinajstić information content (AvgIpc) is 3.26. The van der Waals surface area contributed by atoms with Crippen LogP contribution >= 0.6 is 11.6 Å². The van der Waals surface area contributed by atoms with Gasteiger partial charge >= 0.3 is 0 Å². The summed E-state index contributed by atoms with van der Waals surface area (Å²) in [5.74, 6) is -0.691. The standard InChI is InChI=1S/C18H14ClNO3S/c1-12-2-8-15(9-3-12)24(22,23)17-16(18(17,10-20)11-21)13-4-6-14(19)7-5-13/h2-9,11,16-17H,1H3/t16-,17-,18+/m1/s1. The molecule has 0 unspecified atom stereocenters. The molecule has 0 radical (unpaired) electrons. The van der Waals surface area contributed by atoms with Gasteiger partial charge in [0.15, 0.2) is 9.84 Å². The SMILES string of the molecule is Cc1ccc(S(=O)(=O)[C@@H]2[C@@H](c3ccc(Cl)cc3)[C@]2(C#N)C=O)cc1. The maximum Gasteiger partial charge on any atom is 0.183 e. The quantitative estimate of drug-likeness (QED) is 0.785. The second-order valence-corrected chi connectivity index (χ2v) is 8.48. The molecular formula is C18H14ClNO3S. The van der Waals surface area contributed by atoms with Crippen molar-refractivity contribution in [3.05, 3.63) is 64.7 Å². The third kappa shape index (κ3) is 2.43. The van der Waals surface area contributed by atoms with E-state index in [1.807, 2.05) is 13.0 Å². The first-order chi connectivity index (χ1) is 11.4. The van der Waals surface area contributed by atoms with Crippen LogP contribution in [0.3, 0.4) is 0 Å². The topological polar surface area (TPSA) is 75.0 Å². The van der Waals surface area contributed by atoms with E-state index in [4.69, 9.17) is 11.6 Å². The lowest BCUT2D eigenvalue weighted by molar-refractivity contribution is -0.110. The predicted octanol–water partition coefficient (Wildman–Crippen LogP) is 3.30. The van der Waals surface area contributed by atoms with E-state index in [1.54, 1.807) is 36.4 Å². The maximum atomic E-state index is 13.0. The molecule has 6 heteroatoms. The average molecular weight is 360 g/mol. The largest absolute Gasteiger partial charge is 0.302 e. The number of nitriles is 1. The number of benzene rings is 2. The lowest BCUT2D eigenvalue weighted by Gasteiger charge is -2.05. The number of nitrogens with zero attached hydrogens (tertiary/aromatic N) is 1. The summed E-state index contributed by atoms with van der Waals surface area (Å²) in [6, 6.07) is 14.9. The van der Waals surface area contributed by atoms with E-state index < -0.39 is 26.4 Å². The molecule has 2 aromatic rings. The van der Waals surface area contributed by atoms with E-state index in [9.17, 15) is 18.5 Å². The lowest BCUT2D eigenvalue weighted by atomic mass is 10.0. The Labute approximate surface area is 145 Å². The van der Waals surface area contributed by atoms with Gasteiger partial charge in [0.2, 0.25) is 0 Å². The molecule has 2 aromatic carbocycles. The normalized spacial score (nSPS) is 25.7. The highest BCUT2D eigenvalue weighted by Crippen LogP contribution is 2.62. The molecule has 3 rings (SSSR count). The first-order valence-electron chi connectivity index (χ1n) is 7.30. The molecule has 1 saturated carbocycles. The highest BCUT2D eigenvalue weighted by molar-refractivity contribution is 7.92. The lowest BCUT2D eigenvalue weighted by Crippen LogP contribution is -2.16. The monoisotopic (exact) mass is 359 g/mol. The third-order valence-corrected chi connectivity index (χ3v) is 6.99. The van der Waals surface area contributed by atoms with Crippen molar-refractivity contribution in [3.8, 4) is 6.07 Å². The number of sulfone groups is 1. The molecule has 0 aromatic heterocycles. The first kappa shape index (κ1) is 16.7. The highest BCUT2D eigenvalue weighted by atomic mass is 35.5. The van der Waals surface area contributed by atoms with Crippen molar-refractivity contribution in [2.75, 3.05) is 0 Å². The van der Waals surface area contributed by atoms with Gasteiger partial charge < -0.3 is 4.79 Å². The van der Waals surface area contributed by atoms with Gasteiger partial charge in [-0.2, -0.15) is 5.26 Å². The van der Waals surface area contributed by atoms with Crippen LogP contribution in [0.1, 0.15) is 17.0 Å². The van der Waals surface area contributed by atoms with Crippen LogP contribution in [0, 0.1) is 23.7 Å². The van der Waals surface area contributed by atoms with E-state index in [-0.39, 0.29) is 4.90 Å². The minimum Gasteiger partial charge on any atom is -0.302 e. The molecule has 1 fully saturated rings. The van der Waals surface area contributed by atoms with Crippen LogP contribution in [-0.4, -0.2) is 20.0 Å². The van der Waals surface area contributed by atoms with Gasteiger partial charge in [0.25, 0.3) is 0 Å². The van der Waals surface area contributed by atoms with Gasteiger partial charge in [-0.25, -0.2) is 8.42 Å². The number of halogens is 1. The minimum atomic E-state index is -3.81. The zero-order valence-electron chi connectivity index (χ0n) is 12.8. The fraction of sp³-hybridized carbons (Fsp3) is 0.222. The zero-order chi connectivity index (χ0) is 17.5. The zero-order valence-corrected chi connectivity index (χ0v) is 14.4. The fourth-order valence-corrected chi connectivity index (χ4v) is 5.47. The smallest absolute Gasteiger partial charge is 0.183 e. The Morgan fingerprint density at radius 2 is 1.71 bits per heavy atom. The summed E-state index contributed by atoms with van der Waals surface area (Å²) in [4.78, 5) is 11.7. The number of aryl methyl sites for hydroxylation is 1. The van der Waals surface area contributed by atoms with Gasteiger partial charge in [-0.3, -0.25) is 0 Å². The maximum absolute atomic E-state index is 13.0. The number of rotatable bonds is 4. The van der Waals surface area contributed by atoms with Crippen molar-refractivity contribution >= 4 is 27.7 Å². The molecule has 0 heterocycles. The summed E-state index contributed by atoms with van der Waals surface area (Å²) >= 11 is 5.86. The van der Waals surface area contributed by atoms with Gasteiger partial charge in [0.05, 0.1) is 11.0 Å². The predicted molar refractivity (Wildman–Crippen MR) is 90.5 cm³/mol. The molecule has 0 bridgehead atoms. The fourth-order valence-electron chi connectivity index (χ4n) is 3.11. The molecule has 1 aliphatic rings. The van der Waals surface area contributed by atoms with Crippen LogP contribution < -0.4 is 0 Å². The van der Waals surface area contributed by atoms with Crippen molar-refractivity contribution < 1.29 is 13.2 Å². The second kappa shape index (κ2) is 5.73. The van der Waals surface area contributed by atoms with E-state index in [2.05, 4.69) is 0 Å². The van der Waals surface area contributed by atoms with Crippen LogP contribution in [0.4, 0.5) is 0 Å². The number of carbonyl (C=O) groups excluding carboxylic acids is 1. The van der Waals surface area contributed by atoms with Gasteiger partial charge in [-0.05, 0) is 36.8 Å². The summed E-state index contributed by atoms with van der Waals surface area (Å²) in [6.45, 7) is 1.86. The summed E-state index contributed by atoms with van der Waals surface area (Å²) in [5.41, 5.74) is -0.00737. The van der Waals surface area contributed by atoms with Crippen LogP contribution in [-0.2, 0) is 14.6 Å². The molecule has 0 amide bonds. The van der Waals surface area contributed by atoms with E-state index in [0.717, 1.165) is 5.56 Å². The van der Waals surface area contributed by atoms with Crippen LogP contribution in [0.25, 0.3) is 0 Å². The molecule has 0 aliphatic heterocycles. The van der Waals surface area contributed by atoms with Crippen molar-refractivity contribution in [2.24, 2.45) is 5.41 Å². The van der Waals surface area contributed by atoms with Gasteiger partial charge in [-0.1, -0.05) is 41.4 Å². The molecule has 0 saturated heterocycles. The summed E-state index contributed by atoms with van der Waals surface area (Å²) in [5, 5.41) is 8.91. The van der Waals surface area contributed by atoms with Gasteiger partial charge in [-0.15, -0.1) is 0 Å². The Hall–Kier alpha value is -2.16. The highest BCUT2D eigenvalue weighted by Gasteiger charge is 2.72. The number of aldehydes is 1. The summed E-state index contributed by atoms with van der Waals surface area (Å²) in [7, 11) is -3.81. The number of carbonyl (C=O) groups is 1. The minimum absolute atomic E-state index is 0.121. The number of hydrogen-bond donors (Lipinski definition) is 0. The van der Waals surface area contributed by atoms with Crippen molar-refractivity contribution in [1.29, 1.82) is 5.26 Å². The van der Waals surface area contributed by atoms with E-state index in [1.165, 1.54) is 12.1 Å². The van der Waals surface area contributed by atoms with E-state index >= 15 is 0 Å². The Bertz CT molecular complexity index is 930. The molecule has 0 N–H and O–H groups in total. The van der Waals surface area contributed by atoms with Crippen molar-refractivity contribution in [3.63, 3.8) is 0 Å². The molecule has 122 valence electrons. The molecular weight excluding hydrogens is 346 g/mol. The number of hydrogen-bond acceptors (Lipinski definition) is 4. The van der Waals surface area contributed by atoms with Crippen LogP contribution in [0.15, 0.2) is 53.4 Å². The summed E-state index contributed by atoms with van der Waals surface area (Å²) in [6.07, 6.45) is 0.461. The first-order valence-corrected chi connectivity index (χ1v) is 9.23. The Morgan fingerprint density at radius 1 is 1.12 bits per heavy atom. The molecule has 4 nitrogen and oxygen atoms in total. The Morgan fingerprint density at radius 3 is 2.21 bits per heavy atom. The van der Waals surface area contributed by atoms with Gasteiger partial charge in [0.1, 0.15) is 17.0 Å². The van der Waals surface area contributed by atoms with Crippen LogP contribution in [0.2, 0.25) is 5.02 Å². The molecule has 3 atom stereocenters. The second-order valence-electron chi connectivity index (χ2n) is 5.97. The van der Waals surface area contributed by atoms with Crippen molar-refractivity contribution in [1.82, 2.24) is 0 Å². The Kier molecular flexibility index (Phi) is 3.98. The molecule has 24 heavy (non-hydrogen) atoms. The van der Waals surface area contributed by atoms with E-state index in [0.29, 0.717) is 16.9 Å². The van der Waals surface area contributed by atoms with Gasteiger partial charge in [0, 0.05) is 10.9 Å². The Balaban J connectivity index is 2.08. The molecule has 0 spiro atoms. The third-order valence-electron chi connectivity index (χ3n) is 4.48. The van der Waals surface area contributed by atoms with Crippen LogP contribution in [0.5, 0.6) is 0 Å².